The maximum absolute atomic E-state index is 13.1. The Kier molecular flexibility index (Phi) is 8.33. The molecular formula is C32H37ClN6O. The third-order valence-corrected chi connectivity index (χ3v) is 7.69. The zero-order chi connectivity index (χ0) is 28.3. The van der Waals surface area contributed by atoms with Crippen molar-refractivity contribution in [2.24, 2.45) is 0 Å². The van der Waals surface area contributed by atoms with Crippen LogP contribution in [-0.4, -0.2) is 61.9 Å². The molecule has 4 aromatic rings. The smallest absolute Gasteiger partial charge is 0.223 e. The first-order valence-electron chi connectivity index (χ1n) is 13.9. The highest BCUT2D eigenvalue weighted by atomic mass is 35.5. The van der Waals surface area contributed by atoms with Gasteiger partial charge < -0.3 is 4.90 Å². The molecule has 0 unspecified atom stereocenters. The van der Waals surface area contributed by atoms with Gasteiger partial charge in [-0.2, -0.15) is 5.10 Å². The van der Waals surface area contributed by atoms with Crippen LogP contribution in [0.2, 0.25) is 5.15 Å². The van der Waals surface area contributed by atoms with Gasteiger partial charge in [0.2, 0.25) is 5.91 Å². The van der Waals surface area contributed by atoms with Gasteiger partial charge in [-0.25, -0.2) is 4.68 Å². The van der Waals surface area contributed by atoms with Crippen molar-refractivity contribution in [2.45, 2.75) is 52.5 Å². The lowest BCUT2D eigenvalue weighted by Crippen LogP contribution is -2.48. The van der Waals surface area contributed by atoms with Crippen LogP contribution in [0.1, 0.15) is 49.6 Å². The molecule has 0 bridgehead atoms. The molecule has 3 heterocycles. The van der Waals surface area contributed by atoms with Crippen molar-refractivity contribution in [1.82, 2.24) is 29.8 Å². The van der Waals surface area contributed by atoms with E-state index in [1.54, 1.807) is 16.8 Å². The Hall–Kier alpha value is -3.55. The van der Waals surface area contributed by atoms with E-state index in [0.717, 1.165) is 49.7 Å². The lowest BCUT2D eigenvalue weighted by Gasteiger charge is -2.35. The minimum absolute atomic E-state index is 0.162. The molecule has 0 radical (unpaired) electrons. The summed E-state index contributed by atoms with van der Waals surface area (Å²) in [5, 5.41) is 13.3. The van der Waals surface area contributed by atoms with E-state index in [1.165, 1.54) is 16.7 Å². The molecule has 1 aliphatic rings. The summed E-state index contributed by atoms with van der Waals surface area (Å²) in [6.45, 7) is 13.0. The van der Waals surface area contributed by atoms with Crippen LogP contribution in [0.5, 0.6) is 0 Å². The number of amides is 1. The van der Waals surface area contributed by atoms with E-state index >= 15 is 0 Å². The Morgan fingerprint density at radius 1 is 0.900 bits per heavy atom. The van der Waals surface area contributed by atoms with E-state index in [2.05, 4.69) is 91.3 Å². The van der Waals surface area contributed by atoms with Crippen LogP contribution in [-0.2, 0) is 23.2 Å². The topological polar surface area (TPSA) is 67.2 Å². The zero-order valence-corrected chi connectivity index (χ0v) is 24.5. The van der Waals surface area contributed by atoms with Crippen LogP contribution in [0.4, 0.5) is 0 Å². The molecule has 208 valence electrons. The summed E-state index contributed by atoms with van der Waals surface area (Å²) in [5.74, 6) is 0.758. The lowest BCUT2D eigenvalue weighted by atomic mass is 9.87. The van der Waals surface area contributed by atoms with Crippen LogP contribution < -0.4 is 0 Å². The SMILES string of the molecule is Cc1ccc(-c2cc(CCC(=O)N3CCN(Cc4ccc(C(C)(C)C)cc4)CC3)nn2-c2ccc(Cl)nn2)cc1. The van der Waals surface area contributed by atoms with Crippen molar-refractivity contribution in [3.05, 3.63) is 94.3 Å². The van der Waals surface area contributed by atoms with Gasteiger partial charge in [0.05, 0.1) is 11.4 Å². The fourth-order valence-electron chi connectivity index (χ4n) is 5.00. The van der Waals surface area contributed by atoms with Crippen molar-refractivity contribution in [2.75, 3.05) is 26.2 Å². The number of piperazine rings is 1. The van der Waals surface area contributed by atoms with Crippen molar-refractivity contribution in [1.29, 1.82) is 0 Å². The second-order valence-electron chi connectivity index (χ2n) is 11.6. The Labute approximate surface area is 241 Å². The normalized spacial score (nSPS) is 14.5. The number of hydrogen-bond donors (Lipinski definition) is 0. The van der Waals surface area contributed by atoms with E-state index in [-0.39, 0.29) is 11.3 Å². The predicted octanol–water partition coefficient (Wildman–Crippen LogP) is 5.87. The Morgan fingerprint density at radius 3 is 2.23 bits per heavy atom. The van der Waals surface area contributed by atoms with Gasteiger partial charge in [-0.3, -0.25) is 9.69 Å². The van der Waals surface area contributed by atoms with Gasteiger partial charge in [0.25, 0.3) is 0 Å². The number of carbonyl (C=O) groups excluding carboxylic acids is 1. The van der Waals surface area contributed by atoms with E-state index in [0.29, 0.717) is 23.8 Å². The number of halogens is 1. The lowest BCUT2D eigenvalue weighted by molar-refractivity contribution is -0.133. The largest absolute Gasteiger partial charge is 0.340 e. The second-order valence-corrected chi connectivity index (χ2v) is 12.0. The standard InChI is InChI=1S/C32H37ClN6O/c1-23-5-9-25(10-6-23)28-21-27(36-39(28)30-15-14-29(33)34-35-30)13-16-31(40)38-19-17-37(18-20-38)22-24-7-11-26(12-8-24)32(2,3)4/h5-12,14-15,21H,13,16-20,22H2,1-4H3. The number of nitrogens with zero attached hydrogens (tertiary/aromatic N) is 6. The molecule has 7 nitrogen and oxygen atoms in total. The summed E-state index contributed by atoms with van der Waals surface area (Å²) < 4.78 is 1.78. The van der Waals surface area contributed by atoms with Gasteiger partial charge in [0.15, 0.2) is 11.0 Å². The highest BCUT2D eigenvalue weighted by Crippen LogP contribution is 2.25. The van der Waals surface area contributed by atoms with E-state index in [1.807, 2.05) is 11.0 Å². The summed E-state index contributed by atoms with van der Waals surface area (Å²) in [6.07, 6.45) is 0.983. The van der Waals surface area contributed by atoms with Gasteiger partial charge in [0.1, 0.15) is 0 Å². The summed E-state index contributed by atoms with van der Waals surface area (Å²) in [4.78, 5) is 17.5. The van der Waals surface area contributed by atoms with Gasteiger partial charge in [-0.1, -0.05) is 86.5 Å². The third kappa shape index (κ3) is 6.77. The predicted molar refractivity (Wildman–Crippen MR) is 160 cm³/mol. The second kappa shape index (κ2) is 11.9. The molecule has 0 saturated carbocycles. The molecule has 1 aliphatic heterocycles. The molecular weight excluding hydrogens is 520 g/mol. The quantitative estimate of drug-likeness (QED) is 0.285. The molecule has 1 amide bonds. The first kappa shape index (κ1) is 28.0. The number of rotatable bonds is 7. The van der Waals surface area contributed by atoms with E-state index in [4.69, 9.17) is 16.7 Å². The molecule has 40 heavy (non-hydrogen) atoms. The fraction of sp³-hybridized carbons (Fsp3) is 0.375. The first-order valence-corrected chi connectivity index (χ1v) is 14.3. The van der Waals surface area contributed by atoms with Crippen LogP contribution >= 0.6 is 11.6 Å². The summed E-state index contributed by atoms with van der Waals surface area (Å²) in [6, 6.07) is 22.8. The summed E-state index contributed by atoms with van der Waals surface area (Å²) >= 11 is 5.96. The van der Waals surface area contributed by atoms with Crippen molar-refractivity contribution in [3.63, 3.8) is 0 Å². The molecule has 2 aromatic heterocycles. The van der Waals surface area contributed by atoms with E-state index in [9.17, 15) is 4.79 Å². The van der Waals surface area contributed by atoms with Gasteiger partial charge in [-0.15, -0.1) is 10.2 Å². The highest BCUT2D eigenvalue weighted by molar-refractivity contribution is 6.29. The van der Waals surface area contributed by atoms with Crippen molar-refractivity contribution in [3.8, 4) is 17.1 Å². The molecule has 0 spiro atoms. The Bertz CT molecular complexity index is 1370. The number of hydrogen-bond acceptors (Lipinski definition) is 5. The third-order valence-electron chi connectivity index (χ3n) is 7.49. The fourth-order valence-corrected chi connectivity index (χ4v) is 5.10. The number of aromatic nitrogens is 4. The monoisotopic (exact) mass is 556 g/mol. The summed E-state index contributed by atoms with van der Waals surface area (Å²) in [7, 11) is 0. The maximum Gasteiger partial charge on any atom is 0.223 e. The van der Waals surface area contributed by atoms with Crippen LogP contribution in [0.25, 0.3) is 17.1 Å². The van der Waals surface area contributed by atoms with Crippen LogP contribution in [0.15, 0.2) is 66.7 Å². The average molecular weight is 557 g/mol. The first-order chi connectivity index (χ1) is 19.2. The molecule has 2 aromatic carbocycles. The molecule has 5 rings (SSSR count). The number of carbonyl (C=O) groups is 1. The van der Waals surface area contributed by atoms with E-state index < -0.39 is 0 Å². The number of aryl methyl sites for hydroxylation is 2. The average Bonchev–Trinajstić information content (AvgIpc) is 3.37. The van der Waals surface area contributed by atoms with Crippen LogP contribution in [0.3, 0.4) is 0 Å². The molecule has 0 atom stereocenters. The van der Waals surface area contributed by atoms with Crippen molar-refractivity contribution < 1.29 is 4.79 Å². The van der Waals surface area contributed by atoms with Crippen molar-refractivity contribution >= 4 is 17.5 Å². The molecule has 0 N–H and O–H groups in total. The molecule has 1 saturated heterocycles. The zero-order valence-electron chi connectivity index (χ0n) is 23.8. The minimum Gasteiger partial charge on any atom is -0.340 e. The van der Waals surface area contributed by atoms with Crippen LogP contribution in [0, 0.1) is 6.92 Å². The van der Waals surface area contributed by atoms with Gasteiger partial charge in [0, 0.05) is 51.1 Å². The Morgan fingerprint density at radius 2 is 1.60 bits per heavy atom. The molecule has 8 heteroatoms. The number of benzene rings is 2. The van der Waals surface area contributed by atoms with Gasteiger partial charge in [-0.05, 0) is 41.7 Å². The molecule has 1 fully saturated rings. The highest BCUT2D eigenvalue weighted by Gasteiger charge is 2.22. The maximum atomic E-state index is 13.1. The molecule has 0 aliphatic carbocycles. The summed E-state index contributed by atoms with van der Waals surface area (Å²) in [5.41, 5.74) is 6.79. The Balaban J connectivity index is 1.19. The van der Waals surface area contributed by atoms with Gasteiger partial charge >= 0.3 is 0 Å². The minimum atomic E-state index is 0.162.